The van der Waals surface area contributed by atoms with Crippen LogP contribution in [0.3, 0.4) is 0 Å². The molecule has 0 bridgehead atoms. The SMILES string of the molecule is O=C(O)C(F)(F)F.O=C(O)C(F)(F)F.O=C(O)COC1CCN([C@H]2CC[C@H](OCC3CCNCC3)CC2)CC1. The maximum absolute atomic E-state index is 10.6. The van der Waals surface area contributed by atoms with Gasteiger partial charge in [0.05, 0.1) is 12.2 Å². The Labute approximate surface area is 221 Å². The number of ether oxygens (including phenoxy) is 2. The van der Waals surface area contributed by atoms with E-state index in [4.69, 9.17) is 34.4 Å². The van der Waals surface area contributed by atoms with Crippen molar-refractivity contribution in [2.24, 2.45) is 5.92 Å². The minimum atomic E-state index is -5.08. The fourth-order valence-corrected chi connectivity index (χ4v) is 4.49. The predicted octanol–water partition coefficient (Wildman–Crippen LogP) is 3.15. The summed E-state index contributed by atoms with van der Waals surface area (Å²) in [7, 11) is 0. The van der Waals surface area contributed by atoms with Crippen LogP contribution in [0.5, 0.6) is 0 Å². The number of nitrogens with one attached hydrogen (secondary N) is 1. The highest BCUT2D eigenvalue weighted by molar-refractivity contribution is 5.73. The minimum absolute atomic E-state index is 0.122. The van der Waals surface area contributed by atoms with Gasteiger partial charge in [-0.2, -0.15) is 26.3 Å². The van der Waals surface area contributed by atoms with Crippen LogP contribution in [0.2, 0.25) is 0 Å². The van der Waals surface area contributed by atoms with Crippen molar-refractivity contribution >= 4 is 17.9 Å². The Morgan fingerprint density at radius 2 is 1.15 bits per heavy atom. The Bertz CT molecular complexity index is 722. The molecule has 39 heavy (non-hydrogen) atoms. The van der Waals surface area contributed by atoms with Crippen molar-refractivity contribution in [1.29, 1.82) is 0 Å². The van der Waals surface area contributed by atoms with Gasteiger partial charge in [-0.1, -0.05) is 0 Å². The van der Waals surface area contributed by atoms with Gasteiger partial charge in [-0.15, -0.1) is 0 Å². The van der Waals surface area contributed by atoms with Gasteiger partial charge in [0.2, 0.25) is 0 Å². The van der Waals surface area contributed by atoms with E-state index in [0.717, 1.165) is 51.5 Å². The summed E-state index contributed by atoms with van der Waals surface area (Å²) in [6.07, 6.45) is -0.313. The third kappa shape index (κ3) is 15.3. The highest BCUT2D eigenvalue weighted by Crippen LogP contribution is 2.28. The first-order valence-electron chi connectivity index (χ1n) is 12.6. The predicted molar refractivity (Wildman–Crippen MR) is 123 cm³/mol. The normalized spacial score (nSPS) is 23.5. The van der Waals surface area contributed by atoms with Crippen molar-refractivity contribution < 1.29 is 65.5 Å². The molecule has 0 aromatic rings. The van der Waals surface area contributed by atoms with Crippen LogP contribution >= 0.6 is 0 Å². The number of nitrogens with zero attached hydrogens (tertiary/aromatic N) is 1. The van der Waals surface area contributed by atoms with Crippen LogP contribution in [0.1, 0.15) is 51.4 Å². The number of aliphatic carboxylic acids is 3. The highest BCUT2D eigenvalue weighted by atomic mass is 19.4. The van der Waals surface area contributed by atoms with Crippen LogP contribution in [-0.4, -0.2) is 108 Å². The number of carbonyl (C=O) groups is 3. The van der Waals surface area contributed by atoms with E-state index in [-0.39, 0.29) is 12.7 Å². The second kappa shape index (κ2) is 16.8. The summed E-state index contributed by atoms with van der Waals surface area (Å²) in [5.41, 5.74) is 0. The number of hydrogen-bond donors (Lipinski definition) is 4. The molecule has 2 saturated heterocycles. The number of alkyl halides is 6. The van der Waals surface area contributed by atoms with E-state index < -0.39 is 30.3 Å². The molecule has 2 aliphatic heterocycles. The van der Waals surface area contributed by atoms with Crippen molar-refractivity contribution in [3.63, 3.8) is 0 Å². The summed E-state index contributed by atoms with van der Waals surface area (Å²) in [6, 6.07) is 0.680. The summed E-state index contributed by atoms with van der Waals surface area (Å²) < 4.78 is 75.1. The van der Waals surface area contributed by atoms with E-state index in [1.54, 1.807) is 0 Å². The fourth-order valence-electron chi connectivity index (χ4n) is 4.49. The zero-order valence-electron chi connectivity index (χ0n) is 21.3. The third-order valence-electron chi connectivity index (χ3n) is 6.59. The van der Waals surface area contributed by atoms with Crippen LogP contribution in [-0.2, 0) is 23.9 Å². The summed E-state index contributed by atoms with van der Waals surface area (Å²) >= 11 is 0. The zero-order valence-corrected chi connectivity index (χ0v) is 21.3. The third-order valence-corrected chi connectivity index (χ3v) is 6.59. The molecular weight excluding hydrogens is 546 g/mol. The number of carboxylic acids is 3. The van der Waals surface area contributed by atoms with Crippen molar-refractivity contribution in [2.45, 2.75) is 82.0 Å². The molecule has 0 aromatic heterocycles. The van der Waals surface area contributed by atoms with Gasteiger partial charge in [0.25, 0.3) is 0 Å². The molecule has 3 rings (SSSR count). The van der Waals surface area contributed by atoms with Gasteiger partial charge in [0.15, 0.2) is 0 Å². The molecule has 3 aliphatic rings. The Morgan fingerprint density at radius 1 is 0.718 bits per heavy atom. The molecule has 1 aliphatic carbocycles. The molecule has 0 spiro atoms. The molecular formula is C23H36F6N2O8. The molecule has 3 fully saturated rings. The highest BCUT2D eigenvalue weighted by Gasteiger charge is 2.39. The van der Waals surface area contributed by atoms with E-state index in [9.17, 15) is 31.1 Å². The van der Waals surface area contributed by atoms with Crippen molar-refractivity contribution in [3.8, 4) is 0 Å². The van der Waals surface area contributed by atoms with Crippen molar-refractivity contribution in [1.82, 2.24) is 10.2 Å². The lowest BCUT2D eigenvalue weighted by atomic mass is 9.90. The molecule has 0 amide bonds. The number of carboxylic acid groups (broad SMARTS) is 3. The average molecular weight is 583 g/mol. The second-order valence-corrected chi connectivity index (χ2v) is 9.50. The van der Waals surface area contributed by atoms with Gasteiger partial charge < -0.3 is 35.0 Å². The number of hydrogen-bond acceptors (Lipinski definition) is 7. The maximum atomic E-state index is 10.6. The molecule has 1 saturated carbocycles. The zero-order chi connectivity index (χ0) is 29.6. The number of piperidine rings is 2. The lowest BCUT2D eigenvalue weighted by molar-refractivity contribution is -0.193. The van der Waals surface area contributed by atoms with Crippen molar-refractivity contribution in [2.75, 3.05) is 39.4 Å². The van der Waals surface area contributed by atoms with Gasteiger partial charge >= 0.3 is 30.3 Å². The maximum Gasteiger partial charge on any atom is 0.490 e. The van der Waals surface area contributed by atoms with Crippen LogP contribution in [0.15, 0.2) is 0 Å². The Morgan fingerprint density at radius 3 is 1.56 bits per heavy atom. The van der Waals surface area contributed by atoms with Crippen LogP contribution in [0, 0.1) is 5.92 Å². The smallest absolute Gasteiger partial charge is 0.480 e. The Hall–Kier alpha value is -2.17. The van der Waals surface area contributed by atoms with E-state index in [2.05, 4.69) is 10.2 Å². The molecule has 0 radical (unpaired) electrons. The van der Waals surface area contributed by atoms with Gasteiger partial charge in [-0.05, 0) is 70.4 Å². The molecule has 2 heterocycles. The van der Waals surface area contributed by atoms with Crippen LogP contribution in [0.4, 0.5) is 26.3 Å². The number of rotatable bonds is 7. The topological polar surface area (TPSA) is 146 Å². The van der Waals surface area contributed by atoms with Gasteiger partial charge in [-0.25, -0.2) is 14.4 Å². The molecule has 4 N–H and O–H groups in total. The summed E-state index contributed by atoms with van der Waals surface area (Å²) in [5, 5.41) is 26.4. The number of likely N-dealkylation sites (tertiary alicyclic amines) is 1. The first kappa shape index (κ1) is 34.9. The summed E-state index contributed by atoms with van der Waals surface area (Å²) in [5.74, 6) is -5.63. The van der Waals surface area contributed by atoms with E-state index in [0.29, 0.717) is 12.1 Å². The summed E-state index contributed by atoms with van der Waals surface area (Å²) in [4.78, 5) is 31.0. The summed E-state index contributed by atoms with van der Waals surface area (Å²) in [6.45, 7) is 5.15. The van der Waals surface area contributed by atoms with Gasteiger partial charge in [0.1, 0.15) is 6.61 Å². The molecule has 228 valence electrons. The Kier molecular flexibility index (Phi) is 15.0. The lowest BCUT2D eigenvalue weighted by Crippen LogP contribution is -2.45. The molecule has 10 nitrogen and oxygen atoms in total. The molecule has 16 heteroatoms. The van der Waals surface area contributed by atoms with Crippen molar-refractivity contribution in [3.05, 3.63) is 0 Å². The van der Waals surface area contributed by atoms with E-state index in [1.807, 2.05) is 0 Å². The lowest BCUT2D eigenvalue weighted by Gasteiger charge is -2.40. The van der Waals surface area contributed by atoms with E-state index in [1.165, 1.54) is 38.5 Å². The Balaban J connectivity index is 0.000000449. The first-order chi connectivity index (χ1) is 18.1. The second-order valence-electron chi connectivity index (χ2n) is 9.50. The monoisotopic (exact) mass is 582 g/mol. The average Bonchev–Trinajstić information content (AvgIpc) is 2.87. The molecule has 0 aromatic carbocycles. The van der Waals surface area contributed by atoms with Crippen LogP contribution in [0.25, 0.3) is 0 Å². The quantitative estimate of drug-likeness (QED) is 0.330. The number of halogens is 6. The molecule has 0 atom stereocenters. The van der Waals surface area contributed by atoms with Crippen LogP contribution < -0.4 is 5.32 Å². The largest absolute Gasteiger partial charge is 0.490 e. The van der Waals surface area contributed by atoms with Gasteiger partial charge in [-0.3, -0.25) is 0 Å². The standard InChI is InChI=1S/C19H34N2O4.2C2HF3O2/c22-19(23)14-25-18-7-11-21(12-8-18)16-1-3-17(4-2-16)24-13-15-5-9-20-10-6-15;2*3-2(4,5)1(6)7/h15-18,20H,1-14H2,(H,22,23);2*(H,6,7)/t16-,17-;;. The van der Waals surface area contributed by atoms with Gasteiger partial charge in [0, 0.05) is 25.7 Å². The molecule has 0 unspecified atom stereocenters. The minimum Gasteiger partial charge on any atom is -0.480 e. The fraction of sp³-hybridized carbons (Fsp3) is 0.870. The van der Waals surface area contributed by atoms with E-state index >= 15 is 0 Å². The first-order valence-corrected chi connectivity index (χ1v) is 12.6.